The van der Waals surface area contributed by atoms with Gasteiger partial charge in [-0.2, -0.15) is 0 Å². The molecule has 1 aromatic rings. The summed E-state index contributed by atoms with van der Waals surface area (Å²) in [7, 11) is 0. The summed E-state index contributed by atoms with van der Waals surface area (Å²) in [6.45, 7) is 7.68. The maximum Gasteiger partial charge on any atom is 0.254 e. The second-order valence-electron chi connectivity index (χ2n) is 4.44. The fraction of sp³-hybridized carbons (Fsp3) is 0.462. The Kier molecular flexibility index (Phi) is 4.05. The Labute approximate surface area is 95.9 Å². The van der Waals surface area contributed by atoms with E-state index in [0.29, 0.717) is 11.5 Å². The first-order valence-corrected chi connectivity index (χ1v) is 5.49. The first-order valence-electron chi connectivity index (χ1n) is 5.49. The average molecular weight is 223 g/mol. The Morgan fingerprint density at radius 1 is 1.31 bits per heavy atom. The zero-order chi connectivity index (χ0) is 12.3. The molecule has 1 N–H and O–H groups in total. The molecular weight excluding hydrogens is 205 g/mol. The molecule has 0 heterocycles. The van der Waals surface area contributed by atoms with Gasteiger partial charge in [0, 0.05) is 6.04 Å². The molecule has 0 fully saturated rings. The summed E-state index contributed by atoms with van der Waals surface area (Å²) < 4.78 is 13.5. The first kappa shape index (κ1) is 12.7. The lowest BCUT2D eigenvalue weighted by Gasteiger charge is -2.18. The van der Waals surface area contributed by atoms with Crippen LogP contribution in [0.3, 0.4) is 0 Å². The number of carbonyl (C=O) groups is 1. The lowest BCUT2D eigenvalue weighted by Crippen LogP contribution is -2.36. The van der Waals surface area contributed by atoms with Crippen LogP contribution in [0.5, 0.6) is 0 Å². The Balaban J connectivity index is 2.89. The van der Waals surface area contributed by atoms with Crippen LogP contribution in [0.1, 0.15) is 36.7 Å². The van der Waals surface area contributed by atoms with Crippen molar-refractivity contribution in [2.45, 2.75) is 33.7 Å². The van der Waals surface area contributed by atoms with Crippen molar-refractivity contribution in [1.82, 2.24) is 5.32 Å². The molecule has 2 nitrogen and oxygen atoms in total. The third-order valence-corrected chi connectivity index (χ3v) is 2.81. The Morgan fingerprint density at radius 3 is 2.44 bits per heavy atom. The summed E-state index contributed by atoms with van der Waals surface area (Å²) in [5.74, 6) is -0.471. The Hall–Kier alpha value is -1.38. The van der Waals surface area contributed by atoms with Crippen molar-refractivity contribution in [2.75, 3.05) is 0 Å². The van der Waals surface area contributed by atoms with Gasteiger partial charge in [-0.25, -0.2) is 4.39 Å². The van der Waals surface area contributed by atoms with Crippen LogP contribution in [-0.4, -0.2) is 11.9 Å². The molecule has 1 amide bonds. The summed E-state index contributed by atoms with van der Waals surface area (Å²) in [5.41, 5.74) is 0.809. The van der Waals surface area contributed by atoms with E-state index >= 15 is 0 Å². The summed E-state index contributed by atoms with van der Waals surface area (Å²) >= 11 is 0. The molecule has 88 valence electrons. The van der Waals surface area contributed by atoms with Crippen LogP contribution < -0.4 is 5.32 Å². The topological polar surface area (TPSA) is 29.1 Å². The molecule has 0 aromatic heterocycles. The molecule has 0 aliphatic carbocycles. The SMILES string of the molecule is Cc1cccc(F)c1C(=O)N[C@H](C)C(C)C. The molecule has 0 bridgehead atoms. The van der Waals surface area contributed by atoms with Crippen molar-refractivity contribution in [3.63, 3.8) is 0 Å². The van der Waals surface area contributed by atoms with Crippen molar-refractivity contribution in [3.8, 4) is 0 Å². The maximum absolute atomic E-state index is 13.5. The normalized spacial score (nSPS) is 12.6. The predicted octanol–water partition coefficient (Wildman–Crippen LogP) is 2.91. The minimum absolute atomic E-state index is 0.0338. The lowest BCUT2D eigenvalue weighted by atomic mass is 10.0. The second-order valence-corrected chi connectivity index (χ2v) is 4.44. The number of benzene rings is 1. The van der Waals surface area contributed by atoms with E-state index in [1.807, 2.05) is 20.8 Å². The van der Waals surface area contributed by atoms with E-state index in [2.05, 4.69) is 5.32 Å². The second kappa shape index (κ2) is 5.10. The van der Waals surface area contributed by atoms with Crippen molar-refractivity contribution in [2.24, 2.45) is 5.92 Å². The van der Waals surface area contributed by atoms with Gasteiger partial charge in [0.25, 0.3) is 5.91 Å². The number of aryl methyl sites for hydroxylation is 1. The number of nitrogens with one attached hydrogen (secondary N) is 1. The number of amides is 1. The average Bonchev–Trinajstić information content (AvgIpc) is 2.16. The standard InChI is InChI=1S/C13H18FNO/c1-8(2)10(4)15-13(16)12-9(3)6-5-7-11(12)14/h5-8,10H,1-4H3,(H,15,16)/t10-/m1/s1. The van der Waals surface area contributed by atoms with Crippen LogP contribution in [0.25, 0.3) is 0 Å². The van der Waals surface area contributed by atoms with E-state index in [9.17, 15) is 9.18 Å². The molecule has 0 aliphatic rings. The van der Waals surface area contributed by atoms with Gasteiger partial charge in [0.15, 0.2) is 0 Å². The van der Waals surface area contributed by atoms with Gasteiger partial charge in [-0.05, 0) is 31.4 Å². The van der Waals surface area contributed by atoms with E-state index in [1.165, 1.54) is 6.07 Å². The molecule has 0 saturated heterocycles. The van der Waals surface area contributed by atoms with Crippen LogP contribution in [0.4, 0.5) is 4.39 Å². The molecule has 0 unspecified atom stereocenters. The predicted molar refractivity (Wildman–Crippen MR) is 62.9 cm³/mol. The van der Waals surface area contributed by atoms with Crippen LogP contribution in [0.2, 0.25) is 0 Å². The van der Waals surface area contributed by atoms with Gasteiger partial charge < -0.3 is 5.32 Å². The van der Waals surface area contributed by atoms with E-state index in [0.717, 1.165) is 0 Å². The third kappa shape index (κ3) is 2.81. The van der Waals surface area contributed by atoms with Gasteiger partial charge in [-0.3, -0.25) is 4.79 Å². The molecule has 0 aliphatic heterocycles. The highest BCUT2D eigenvalue weighted by Crippen LogP contribution is 2.13. The van der Waals surface area contributed by atoms with E-state index < -0.39 is 5.82 Å². The summed E-state index contributed by atoms with van der Waals surface area (Å²) in [6, 6.07) is 4.68. The van der Waals surface area contributed by atoms with Crippen molar-refractivity contribution >= 4 is 5.91 Å². The Morgan fingerprint density at radius 2 is 1.94 bits per heavy atom. The van der Waals surface area contributed by atoms with E-state index in [4.69, 9.17) is 0 Å². The quantitative estimate of drug-likeness (QED) is 0.838. The summed E-state index contributed by atoms with van der Waals surface area (Å²) in [4.78, 5) is 11.9. The van der Waals surface area contributed by atoms with Gasteiger partial charge in [0.05, 0.1) is 5.56 Å². The third-order valence-electron chi connectivity index (χ3n) is 2.81. The van der Waals surface area contributed by atoms with Crippen LogP contribution >= 0.6 is 0 Å². The largest absolute Gasteiger partial charge is 0.349 e. The molecular formula is C13H18FNO. The van der Waals surface area contributed by atoms with Gasteiger partial charge in [0.1, 0.15) is 5.82 Å². The highest BCUT2D eigenvalue weighted by molar-refractivity contribution is 5.96. The molecule has 0 saturated carbocycles. The minimum Gasteiger partial charge on any atom is -0.349 e. The number of hydrogen-bond donors (Lipinski definition) is 1. The van der Waals surface area contributed by atoms with Crippen LogP contribution in [0.15, 0.2) is 18.2 Å². The molecule has 1 aromatic carbocycles. The number of rotatable bonds is 3. The van der Waals surface area contributed by atoms with Crippen molar-refractivity contribution < 1.29 is 9.18 Å². The monoisotopic (exact) mass is 223 g/mol. The molecule has 1 rings (SSSR count). The zero-order valence-corrected chi connectivity index (χ0v) is 10.2. The molecule has 1 atom stereocenters. The van der Waals surface area contributed by atoms with Gasteiger partial charge in [-0.15, -0.1) is 0 Å². The van der Waals surface area contributed by atoms with Gasteiger partial charge >= 0.3 is 0 Å². The van der Waals surface area contributed by atoms with Crippen LogP contribution in [-0.2, 0) is 0 Å². The first-order chi connectivity index (χ1) is 7.43. The highest BCUT2D eigenvalue weighted by atomic mass is 19.1. The van der Waals surface area contributed by atoms with Crippen LogP contribution in [0, 0.1) is 18.7 Å². The van der Waals surface area contributed by atoms with Crippen molar-refractivity contribution in [1.29, 1.82) is 0 Å². The summed E-state index contributed by atoms with van der Waals surface area (Å²) in [6.07, 6.45) is 0. The highest BCUT2D eigenvalue weighted by Gasteiger charge is 2.17. The molecule has 16 heavy (non-hydrogen) atoms. The molecule has 0 radical (unpaired) electrons. The van der Waals surface area contributed by atoms with E-state index in [-0.39, 0.29) is 17.5 Å². The zero-order valence-electron chi connectivity index (χ0n) is 10.2. The summed E-state index contributed by atoms with van der Waals surface area (Å²) in [5, 5.41) is 2.80. The number of halogens is 1. The smallest absolute Gasteiger partial charge is 0.254 e. The lowest BCUT2D eigenvalue weighted by molar-refractivity contribution is 0.0926. The van der Waals surface area contributed by atoms with Crippen molar-refractivity contribution in [3.05, 3.63) is 35.1 Å². The van der Waals surface area contributed by atoms with Gasteiger partial charge in [-0.1, -0.05) is 26.0 Å². The fourth-order valence-corrected chi connectivity index (χ4v) is 1.37. The maximum atomic E-state index is 13.5. The molecule has 3 heteroatoms. The minimum atomic E-state index is -0.464. The number of hydrogen-bond acceptors (Lipinski definition) is 1. The van der Waals surface area contributed by atoms with E-state index in [1.54, 1.807) is 19.1 Å². The van der Waals surface area contributed by atoms with Gasteiger partial charge in [0.2, 0.25) is 0 Å². The Bertz CT molecular complexity index is 367. The molecule has 0 spiro atoms. The number of carbonyl (C=O) groups excluding carboxylic acids is 1. The fourth-order valence-electron chi connectivity index (χ4n) is 1.37.